The number of fused-ring (bicyclic) bond motifs is 1. The van der Waals surface area contributed by atoms with Crippen molar-refractivity contribution in [3.63, 3.8) is 0 Å². The molecule has 7 atom stereocenters. The molecule has 3 aliphatic rings. The Hall–Kier alpha value is -1.17. The first-order valence-electron chi connectivity index (χ1n) is 10.4. The number of ether oxygens (including phenoxy) is 2. The lowest BCUT2D eigenvalue weighted by Gasteiger charge is -2.40. The molecular formula is C22H36O5. The summed E-state index contributed by atoms with van der Waals surface area (Å²) in [6.45, 7) is 8.99. The molecular weight excluding hydrogens is 344 g/mol. The van der Waals surface area contributed by atoms with Crippen LogP contribution in [0.3, 0.4) is 0 Å². The van der Waals surface area contributed by atoms with Crippen LogP contribution in [0.25, 0.3) is 0 Å². The highest BCUT2D eigenvalue weighted by Crippen LogP contribution is 2.41. The van der Waals surface area contributed by atoms with Gasteiger partial charge in [0.15, 0.2) is 6.29 Å². The van der Waals surface area contributed by atoms with Gasteiger partial charge in [-0.05, 0) is 43.1 Å². The highest BCUT2D eigenvalue weighted by molar-refractivity contribution is 5.72. The predicted octanol–water partition coefficient (Wildman–Crippen LogP) is 3.60. The largest absolute Gasteiger partial charge is 0.461 e. The third-order valence-electron chi connectivity index (χ3n) is 6.12. The molecule has 27 heavy (non-hydrogen) atoms. The number of hydrogen-bond acceptors (Lipinski definition) is 5. The second-order valence-electron chi connectivity index (χ2n) is 8.17. The Bertz CT molecular complexity index is 533. The molecule has 7 unspecified atom stereocenters. The first-order valence-corrected chi connectivity index (χ1v) is 10.4. The van der Waals surface area contributed by atoms with Crippen molar-refractivity contribution in [1.29, 1.82) is 0 Å². The van der Waals surface area contributed by atoms with Crippen molar-refractivity contribution in [2.45, 2.75) is 78.3 Å². The van der Waals surface area contributed by atoms with Gasteiger partial charge in [0, 0.05) is 12.3 Å². The Balaban J connectivity index is 0.000000273. The van der Waals surface area contributed by atoms with E-state index in [1.54, 1.807) is 0 Å². The second kappa shape index (κ2) is 10.4. The monoisotopic (exact) mass is 380 g/mol. The van der Waals surface area contributed by atoms with Crippen molar-refractivity contribution < 1.29 is 24.5 Å². The molecule has 3 rings (SSSR count). The molecule has 5 nitrogen and oxygen atoms in total. The minimum atomic E-state index is -0.737. The van der Waals surface area contributed by atoms with Gasteiger partial charge in [-0.3, -0.25) is 4.79 Å². The van der Waals surface area contributed by atoms with Gasteiger partial charge in [0.2, 0.25) is 0 Å². The molecule has 0 aromatic rings. The van der Waals surface area contributed by atoms with Crippen LogP contribution < -0.4 is 0 Å². The summed E-state index contributed by atoms with van der Waals surface area (Å²) in [5, 5.41) is 17.5. The number of aliphatic hydroxyl groups excluding tert-OH is 2. The molecule has 0 bridgehead atoms. The van der Waals surface area contributed by atoms with Gasteiger partial charge in [0.1, 0.15) is 6.10 Å². The van der Waals surface area contributed by atoms with Crippen molar-refractivity contribution >= 4 is 5.97 Å². The van der Waals surface area contributed by atoms with Gasteiger partial charge in [-0.25, -0.2) is 0 Å². The van der Waals surface area contributed by atoms with Crippen LogP contribution in [0.5, 0.6) is 0 Å². The Kier molecular flexibility index (Phi) is 8.52. The topological polar surface area (TPSA) is 76.0 Å². The van der Waals surface area contributed by atoms with E-state index >= 15 is 0 Å². The van der Waals surface area contributed by atoms with E-state index in [-0.39, 0.29) is 24.1 Å². The Labute approximate surface area is 163 Å². The molecule has 1 aliphatic heterocycles. The quantitative estimate of drug-likeness (QED) is 0.732. The van der Waals surface area contributed by atoms with Crippen molar-refractivity contribution in [2.75, 3.05) is 6.61 Å². The molecule has 0 amide bonds. The number of carbonyl (C=O) groups excluding carboxylic acids is 1. The summed E-state index contributed by atoms with van der Waals surface area (Å²) in [5.74, 6) is 1.49. The SMILES string of the molecule is CCC(C)C(=O)OC1CCC=C2C=CC(C)C(C)C21.OC1CCOC(O)C1. The average molecular weight is 381 g/mol. The zero-order chi connectivity index (χ0) is 20.0. The van der Waals surface area contributed by atoms with Crippen molar-refractivity contribution in [3.05, 3.63) is 23.8 Å². The molecule has 1 fully saturated rings. The fraction of sp³-hybridized carbons (Fsp3) is 0.773. The van der Waals surface area contributed by atoms with Crippen LogP contribution in [0, 0.1) is 23.7 Å². The maximum Gasteiger partial charge on any atom is 0.308 e. The van der Waals surface area contributed by atoms with Gasteiger partial charge in [0.05, 0.1) is 18.6 Å². The number of allylic oxidation sites excluding steroid dienone is 3. The Morgan fingerprint density at radius 2 is 2.07 bits per heavy atom. The third-order valence-corrected chi connectivity index (χ3v) is 6.12. The molecule has 1 heterocycles. The molecule has 0 aromatic heterocycles. The molecule has 1 saturated heterocycles. The van der Waals surface area contributed by atoms with Gasteiger partial charge in [-0.2, -0.15) is 0 Å². The lowest BCUT2D eigenvalue weighted by Crippen LogP contribution is -2.38. The van der Waals surface area contributed by atoms with Crippen LogP contribution in [-0.4, -0.2) is 41.3 Å². The summed E-state index contributed by atoms with van der Waals surface area (Å²) in [6.07, 6.45) is 9.67. The van der Waals surface area contributed by atoms with Crippen LogP contribution >= 0.6 is 0 Å². The van der Waals surface area contributed by atoms with E-state index in [0.29, 0.717) is 37.2 Å². The summed E-state index contributed by atoms with van der Waals surface area (Å²) in [6, 6.07) is 0. The van der Waals surface area contributed by atoms with Gasteiger partial charge < -0.3 is 19.7 Å². The fourth-order valence-electron chi connectivity index (χ4n) is 3.85. The van der Waals surface area contributed by atoms with Crippen molar-refractivity contribution in [2.24, 2.45) is 23.7 Å². The summed E-state index contributed by atoms with van der Waals surface area (Å²) in [7, 11) is 0. The zero-order valence-corrected chi connectivity index (χ0v) is 17.1. The Morgan fingerprint density at radius 3 is 2.67 bits per heavy atom. The zero-order valence-electron chi connectivity index (χ0n) is 17.1. The van der Waals surface area contributed by atoms with Crippen LogP contribution in [0.2, 0.25) is 0 Å². The lowest BCUT2D eigenvalue weighted by molar-refractivity contribution is -0.157. The predicted molar refractivity (Wildman–Crippen MR) is 105 cm³/mol. The van der Waals surface area contributed by atoms with Crippen LogP contribution in [0.1, 0.15) is 59.8 Å². The van der Waals surface area contributed by atoms with E-state index in [1.807, 2.05) is 13.8 Å². The standard InChI is InChI=1S/C17H26O2.C5H10O3/c1-5-11(2)17(18)19-15-8-6-7-14-10-9-12(3)13(4)16(14)15;6-4-1-2-8-5(7)3-4/h7,9-13,15-16H,5-6,8H2,1-4H3;4-7H,1-3H2. The first-order chi connectivity index (χ1) is 12.8. The van der Waals surface area contributed by atoms with Gasteiger partial charge >= 0.3 is 5.97 Å². The molecule has 0 saturated carbocycles. The number of hydrogen-bond donors (Lipinski definition) is 2. The van der Waals surface area contributed by atoms with E-state index in [9.17, 15) is 4.79 Å². The summed E-state index contributed by atoms with van der Waals surface area (Å²) in [4.78, 5) is 12.0. The van der Waals surface area contributed by atoms with E-state index in [4.69, 9.17) is 19.7 Å². The van der Waals surface area contributed by atoms with E-state index in [0.717, 1.165) is 19.3 Å². The van der Waals surface area contributed by atoms with Crippen LogP contribution in [0.15, 0.2) is 23.8 Å². The van der Waals surface area contributed by atoms with E-state index in [2.05, 4.69) is 32.1 Å². The molecule has 2 N–H and O–H groups in total. The van der Waals surface area contributed by atoms with Crippen LogP contribution in [0.4, 0.5) is 0 Å². The third kappa shape index (κ3) is 6.16. The smallest absolute Gasteiger partial charge is 0.308 e. The number of carbonyl (C=O) groups is 1. The first kappa shape index (κ1) is 22.1. The highest BCUT2D eigenvalue weighted by Gasteiger charge is 2.38. The van der Waals surface area contributed by atoms with Crippen LogP contribution in [-0.2, 0) is 14.3 Å². The van der Waals surface area contributed by atoms with E-state index in [1.165, 1.54) is 5.57 Å². The minimum absolute atomic E-state index is 0.0150. The van der Waals surface area contributed by atoms with Gasteiger partial charge in [-0.1, -0.05) is 45.9 Å². The van der Waals surface area contributed by atoms with Gasteiger partial charge in [0.25, 0.3) is 0 Å². The van der Waals surface area contributed by atoms with Crippen molar-refractivity contribution in [3.8, 4) is 0 Å². The number of esters is 1. The second-order valence-corrected chi connectivity index (χ2v) is 8.17. The van der Waals surface area contributed by atoms with Gasteiger partial charge in [-0.15, -0.1) is 0 Å². The Morgan fingerprint density at radius 1 is 1.33 bits per heavy atom. The highest BCUT2D eigenvalue weighted by atomic mass is 16.6. The fourth-order valence-corrected chi connectivity index (χ4v) is 3.85. The number of rotatable bonds is 3. The number of aliphatic hydroxyl groups is 2. The molecule has 2 aliphatic carbocycles. The molecule has 0 radical (unpaired) electrons. The summed E-state index contributed by atoms with van der Waals surface area (Å²) < 4.78 is 10.6. The maximum atomic E-state index is 12.0. The average Bonchev–Trinajstić information content (AvgIpc) is 2.64. The summed E-state index contributed by atoms with van der Waals surface area (Å²) >= 11 is 0. The molecule has 0 spiro atoms. The lowest BCUT2D eigenvalue weighted by atomic mass is 9.69. The minimum Gasteiger partial charge on any atom is -0.461 e. The van der Waals surface area contributed by atoms with E-state index < -0.39 is 6.29 Å². The normalized spacial score (nSPS) is 36.6. The molecule has 154 valence electrons. The maximum absolute atomic E-state index is 12.0. The molecule has 5 heteroatoms. The summed E-state index contributed by atoms with van der Waals surface area (Å²) in [5.41, 5.74) is 1.37. The van der Waals surface area contributed by atoms with Crippen molar-refractivity contribution in [1.82, 2.24) is 0 Å². The molecule has 0 aromatic carbocycles.